The molecule has 3 rings (SSSR count). The van der Waals surface area contributed by atoms with Crippen molar-refractivity contribution >= 4 is 17.3 Å². The van der Waals surface area contributed by atoms with Crippen molar-refractivity contribution in [2.45, 2.75) is 65.0 Å². The minimum absolute atomic E-state index is 0.107. The Balaban J connectivity index is 1.55. The lowest BCUT2D eigenvalue weighted by molar-refractivity contribution is 0.393. The van der Waals surface area contributed by atoms with Crippen LogP contribution in [-0.2, 0) is 24.8 Å². The summed E-state index contributed by atoms with van der Waals surface area (Å²) in [6.07, 6.45) is 4.50. The van der Waals surface area contributed by atoms with E-state index in [4.69, 9.17) is 9.98 Å². The predicted molar refractivity (Wildman–Crippen MR) is 106 cm³/mol. The van der Waals surface area contributed by atoms with Gasteiger partial charge < -0.3 is 10.6 Å². The first-order valence-corrected chi connectivity index (χ1v) is 10.2. The van der Waals surface area contributed by atoms with Crippen LogP contribution in [0, 0.1) is 0 Å². The van der Waals surface area contributed by atoms with Crippen LogP contribution in [0.4, 0.5) is 0 Å². The van der Waals surface area contributed by atoms with E-state index in [1.54, 1.807) is 17.7 Å². The molecule has 0 radical (unpaired) electrons. The van der Waals surface area contributed by atoms with Crippen LogP contribution in [0.5, 0.6) is 0 Å². The number of fused-ring (bicyclic) bond motifs is 1. The van der Waals surface area contributed by atoms with Crippen LogP contribution >= 0.6 is 11.3 Å². The second-order valence-corrected chi connectivity index (χ2v) is 8.57. The van der Waals surface area contributed by atoms with Gasteiger partial charge in [0, 0.05) is 42.8 Å². The van der Waals surface area contributed by atoms with Crippen molar-refractivity contribution in [3.8, 4) is 0 Å². The third kappa shape index (κ3) is 4.81. The zero-order valence-corrected chi connectivity index (χ0v) is 16.9. The Morgan fingerprint density at radius 1 is 1.42 bits per heavy atom. The lowest BCUT2D eigenvalue weighted by atomic mass is 9.93. The number of aromatic nitrogens is 4. The molecule has 0 bridgehead atoms. The van der Waals surface area contributed by atoms with E-state index in [0.717, 1.165) is 61.4 Å². The van der Waals surface area contributed by atoms with E-state index in [1.807, 2.05) is 4.68 Å². The van der Waals surface area contributed by atoms with Crippen molar-refractivity contribution in [3.63, 3.8) is 0 Å². The summed E-state index contributed by atoms with van der Waals surface area (Å²) >= 11 is 1.73. The number of rotatable bonds is 5. The molecule has 2 aromatic rings. The molecule has 1 unspecified atom stereocenters. The molecule has 1 aliphatic rings. The molecule has 7 nitrogen and oxygen atoms in total. The van der Waals surface area contributed by atoms with Crippen LogP contribution in [0.3, 0.4) is 0 Å². The highest BCUT2D eigenvalue weighted by atomic mass is 32.1. The number of thiazole rings is 1. The molecular weight excluding hydrogens is 346 g/mol. The van der Waals surface area contributed by atoms with Gasteiger partial charge in [0.05, 0.1) is 17.2 Å². The second-order valence-electron chi connectivity index (χ2n) is 7.63. The third-order valence-corrected chi connectivity index (χ3v) is 5.31. The first kappa shape index (κ1) is 18.8. The van der Waals surface area contributed by atoms with Crippen LogP contribution in [0.25, 0.3) is 0 Å². The van der Waals surface area contributed by atoms with E-state index in [2.05, 4.69) is 53.8 Å². The molecule has 26 heavy (non-hydrogen) atoms. The van der Waals surface area contributed by atoms with Crippen molar-refractivity contribution in [2.24, 2.45) is 4.99 Å². The van der Waals surface area contributed by atoms with Gasteiger partial charge in [-0.1, -0.05) is 20.8 Å². The van der Waals surface area contributed by atoms with Gasteiger partial charge in [-0.15, -0.1) is 11.3 Å². The molecule has 0 saturated carbocycles. The van der Waals surface area contributed by atoms with Gasteiger partial charge in [0.15, 0.2) is 5.96 Å². The molecular formula is C18H29N7S. The average molecular weight is 376 g/mol. The molecule has 1 atom stereocenters. The maximum Gasteiger partial charge on any atom is 0.191 e. The van der Waals surface area contributed by atoms with Crippen LogP contribution < -0.4 is 10.6 Å². The number of aliphatic imine (C=N–C) groups is 1. The van der Waals surface area contributed by atoms with Crippen molar-refractivity contribution < 1.29 is 0 Å². The standard InChI is InChI=1S/C18H29N7S/c1-5-19-17(23-13-6-7-15-21-12-22-25(15)10-13)20-9-8-16-24-14(11-26-16)18(2,3)4/h11-13H,5-10H2,1-4H3,(H2,19,20,23). The van der Waals surface area contributed by atoms with Gasteiger partial charge in [0.1, 0.15) is 12.2 Å². The van der Waals surface area contributed by atoms with E-state index in [9.17, 15) is 0 Å². The van der Waals surface area contributed by atoms with Gasteiger partial charge in [-0.3, -0.25) is 4.99 Å². The van der Waals surface area contributed by atoms with Gasteiger partial charge in [0.2, 0.25) is 0 Å². The molecule has 2 aromatic heterocycles. The molecule has 0 fully saturated rings. The smallest absolute Gasteiger partial charge is 0.191 e. The van der Waals surface area contributed by atoms with Gasteiger partial charge in [-0.05, 0) is 13.3 Å². The topological polar surface area (TPSA) is 80.0 Å². The fourth-order valence-corrected chi connectivity index (χ4v) is 3.92. The summed E-state index contributed by atoms with van der Waals surface area (Å²) in [6.45, 7) is 11.1. The summed E-state index contributed by atoms with van der Waals surface area (Å²) in [4.78, 5) is 13.8. The predicted octanol–water partition coefficient (Wildman–Crippen LogP) is 2.14. The summed E-state index contributed by atoms with van der Waals surface area (Å²) < 4.78 is 1.98. The highest BCUT2D eigenvalue weighted by molar-refractivity contribution is 7.09. The van der Waals surface area contributed by atoms with E-state index in [-0.39, 0.29) is 5.41 Å². The van der Waals surface area contributed by atoms with Crippen LogP contribution in [0.1, 0.15) is 50.6 Å². The molecule has 0 amide bonds. The van der Waals surface area contributed by atoms with E-state index in [1.165, 1.54) is 0 Å². The SMILES string of the molecule is CCNC(=NCCc1nc(C(C)(C)C)cs1)NC1CCc2ncnn2C1. The van der Waals surface area contributed by atoms with Crippen LogP contribution in [-0.4, -0.2) is 44.8 Å². The number of nitrogens with one attached hydrogen (secondary N) is 2. The quantitative estimate of drug-likeness (QED) is 0.618. The van der Waals surface area contributed by atoms with Gasteiger partial charge in [-0.25, -0.2) is 14.6 Å². The summed E-state index contributed by atoms with van der Waals surface area (Å²) in [7, 11) is 0. The van der Waals surface area contributed by atoms with E-state index < -0.39 is 0 Å². The summed E-state index contributed by atoms with van der Waals surface area (Å²) in [5.74, 6) is 1.94. The Kier molecular flexibility index (Phi) is 5.90. The summed E-state index contributed by atoms with van der Waals surface area (Å²) in [5.41, 5.74) is 1.27. The van der Waals surface area contributed by atoms with E-state index in [0.29, 0.717) is 6.04 Å². The van der Waals surface area contributed by atoms with Crippen LogP contribution in [0.2, 0.25) is 0 Å². The third-order valence-electron chi connectivity index (χ3n) is 4.41. The van der Waals surface area contributed by atoms with Crippen molar-refractivity contribution in [1.82, 2.24) is 30.4 Å². The molecule has 0 aromatic carbocycles. The van der Waals surface area contributed by atoms with Gasteiger partial charge in [0.25, 0.3) is 0 Å². The summed E-state index contributed by atoms with van der Waals surface area (Å²) in [5, 5.41) is 14.5. The van der Waals surface area contributed by atoms with Gasteiger partial charge in [-0.2, -0.15) is 5.10 Å². The molecule has 3 heterocycles. The van der Waals surface area contributed by atoms with Crippen molar-refractivity contribution in [1.29, 1.82) is 0 Å². The molecule has 142 valence electrons. The van der Waals surface area contributed by atoms with Crippen molar-refractivity contribution in [2.75, 3.05) is 13.1 Å². The Morgan fingerprint density at radius 2 is 2.27 bits per heavy atom. The van der Waals surface area contributed by atoms with E-state index >= 15 is 0 Å². The Labute approximate surface area is 159 Å². The Hall–Kier alpha value is -1.96. The lowest BCUT2D eigenvalue weighted by Crippen LogP contribution is -2.47. The lowest BCUT2D eigenvalue weighted by Gasteiger charge is -2.25. The molecule has 0 spiro atoms. The Morgan fingerprint density at radius 3 is 3.00 bits per heavy atom. The fourth-order valence-electron chi connectivity index (χ4n) is 2.90. The average Bonchev–Trinajstić information content (AvgIpc) is 3.23. The minimum Gasteiger partial charge on any atom is -0.357 e. The highest BCUT2D eigenvalue weighted by Crippen LogP contribution is 2.24. The molecule has 2 N–H and O–H groups in total. The summed E-state index contributed by atoms with van der Waals surface area (Å²) in [6, 6.07) is 0.328. The first-order valence-electron chi connectivity index (χ1n) is 9.32. The fraction of sp³-hybridized carbons (Fsp3) is 0.667. The number of nitrogens with zero attached hydrogens (tertiary/aromatic N) is 5. The van der Waals surface area contributed by atoms with Crippen LogP contribution in [0.15, 0.2) is 16.7 Å². The highest BCUT2D eigenvalue weighted by Gasteiger charge is 2.20. The Bertz CT molecular complexity index is 741. The second kappa shape index (κ2) is 8.16. The zero-order chi connectivity index (χ0) is 18.6. The normalized spacial score (nSPS) is 17.8. The molecule has 1 aliphatic heterocycles. The minimum atomic E-state index is 0.107. The zero-order valence-electron chi connectivity index (χ0n) is 16.1. The number of guanidine groups is 1. The number of hydrogen-bond acceptors (Lipinski definition) is 5. The monoisotopic (exact) mass is 375 g/mol. The number of aryl methyl sites for hydroxylation is 1. The largest absolute Gasteiger partial charge is 0.357 e. The first-order chi connectivity index (χ1) is 12.5. The maximum atomic E-state index is 4.75. The van der Waals surface area contributed by atoms with Gasteiger partial charge >= 0.3 is 0 Å². The molecule has 0 aliphatic carbocycles. The molecule has 0 saturated heterocycles. The molecule has 8 heteroatoms. The number of hydrogen-bond donors (Lipinski definition) is 2. The van der Waals surface area contributed by atoms with Crippen molar-refractivity contribution in [3.05, 3.63) is 28.2 Å². The maximum absolute atomic E-state index is 4.75.